The molecule has 3 unspecified atom stereocenters. The average molecular weight is 139 g/mol. The molecule has 1 aliphatic heterocycles. The predicted molar refractivity (Wildman–Crippen MR) is 35.9 cm³/mol. The molecule has 46 valence electrons. The summed E-state index contributed by atoms with van der Waals surface area (Å²) in [5.74, 6) is 0.552. The van der Waals surface area contributed by atoms with E-state index in [1.165, 1.54) is 0 Å². The van der Waals surface area contributed by atoms with Crippen molar-refractivity contribution in [1.82, 2.24) is 0 Å². The van der Waals surface area contributed by atoms with Crippen LogP contribution >= 0.6 is 11.8 Å². The second kappa shape index (κ2) is 1.72. The highest BCUT2D eigenvalue weighted by molar-refractivity contribution is 8.03. The maximum Gasteiger partial charge on any atom is 0.235 e. The van der Waals surface area contributed by atoms with Gasteiger partial charge < -0.3 is 0 Å². The predicted octanol–water partition coefficient (Wildman–Crippen LogP) is 0.950. The molecule has 0 aromatic rings. The third-order valence-corrected chi connectivity index (χ3v) is 2.93. The van der Waals surface area contributed by atoms with Crippen molar-refractivity contribution in [2.45, 2.75) is 11.3 Å². The highest BCUT2D eigenvalue weighted by Crippen LogP contribution is 2.50. The zero-order chi connectivity index (χ0) is 6.27. The van der Waals surface area contributed by atoms with Crippen LogP contribution < -0.4 is 0 Å². The molecule has 2 nitrogen and oxygen atoms in total. The van der Waals surface area contributed by atoms with Crippen LogP contribution in [-0.4, -0.2) is 17.4 Å². The number of fused-ring (bicyclic) bond motifs is 1. The average Bonchev–Trinajstić information content (AvgIpc) is 2.39. The highest BCUT2D eigenvalue weighted by Gasteiger charge is 2.51. The fraction of sp³-hybridized carbons (Fsp3) is 0.500. The van der Waals surface area contributed by atoms with Crippen molar-refractivity contribution < 1.29 is 4.79 Å². The topological polar surface area (TPSA) is 29.4 Å². The molecular weight excluding hydrogens is 134 g/mol. The SMILES string of the molecule is O=C=NC1C2C=CSC21. The highest BCUT2D eigenvalue weighted by atomic mass is 32.2. The summed E-state index contributed by atoms with van der Waals surface area (Å²) >= 11 is 1.77. The van der Waals surface area contributed by atoms with Crippen LogP contribution in [0.25, 0.3) is 0 Å². The molecule has 9 heavy (non-hydrogen) atoms. The van der Waals surface area contributed by atoms with Gasteiger partial charge in [0, 0.05) is 11.2 Å². The number of isocyanates is 1. The number of rotatable bonds is 1. The Labute approximate surface area is 57.0 Å². The molecule has 0 aromatic carbocycles. The Morgan fingerprint density at radius 1 is 1.67 bits per heavy atom. The third kappa shape index (κ3) is 0.655. The van der Waals surface area contributed by atoms with E-state index in [0.29, 0.717) is 11.2 Å². The van der Waals surface area contributed by atoms with Gasteiger partial charge in [0.25, 0.3) is 0 Å². The maximum atomic E-state index is 9.76. The van der Waals surface area contributed by atoms with Gasteiger partial charge in [-0.15, -0.1) is 11.8 Å². The molecule has 1 fully saturated rings. The summed E-state index contributed by atoms with van der Waals surface area (Å²) in [7, 11) is 0. The molecule has 2 aliphatic rings. The summed E-state index contributed by atoms with van der Waals surface area (Å²) in [6, 6.07) is 0.262. The zero-order valence-electron chi connectivity index (χ0n) is 4.65. The second-order valence-corrected chi connectivity index (χ2v) is 3.31. The van der Waals surface area contributed by atoms with E-state index >= 15 is 0 Å². The van der Waals surface area contributed by atoms with Crippen molar-refractivity contribution in [2.75, 3.05) is 0 Å². The van der Waals surface area contributed by atoms with Gasteiger partial charge in [0.15, 0.2) is 0 Å². The summed E-state index contributed by atoms with van der Waals surface area (Å²) in [6.45, 7) is 0. The minimum atomic E-state index is 0.262. The lowest BCUT2D eigenvalue weighted by Crippen LogP contribution is -1.82. The summed E-state index contributed by atoms with van der Waals surface area (Å²) in [5, 5.41) is 2.65. The fourth-order valence-electron chi connectivity index (χ4n) is 1.13. The quantitative estimate of drug-likeness (QED) is 0.400. The lowest BCUT2D eigenvalue weighted by Gasteiger charge is -1.83. The first-order valence-corrected chi connectivity index (χ1v) is 3.77. The molecule has 1 aliphatic carbocycles. The first-order chi connectivity index (χ1) is 4.43. The molecule has 0 radical (unpaired) electrons. The van der Waals surface area contributed by atoms with Crippen molar-refractivity contribution in [3.05, 3.63) is 11.5 Å². The molecule has 2 rings (SSSR count). The fourth-order valence-corrected chi connectivity index (χ4v) is 2.33. The van der Waals surface area contributed by atoms with E-state index in [1.807, 2.05) is 0 Å². The standard InChI is InChI=1S/C6H5NOS/c8-3-7-5-4-1-2-9-6(4)5/h1-2,4-6H. The van der Waals surface area contributed by atoms with E-state index in [0.717, 1.165) is 0 Å². The van der Waals surface area contributed by atoms with Crippen LogP contribution in [0.15, 0.2) is 16.5 Å². The minimum Gasteiger partial charge on any atom is -0.211 e. The van der Waals surface area contributed by atoms with E-state index < -0.39 is 0 Å². The summed E-state index contributed by atoms with van der Waals surface area (Å²) in [4.78, 5) is 13.4. The van der Waals surface area contributed by atoms with Gasteiger partial charge in [0.1, 0.15) is 0 Å². The largest absolute Gasteiger partial charge is 0.235 e. The van der Waals surface area contributed by atoms with Crippen LogP contribution in [0.2, 0.25) is 0 Å². The van der Waals surface area contributed by atoms with Crippen LogP contribution in [0.5, 0.6) is 0 Å². The molecule has 1 saturated carbocycles. The van der Waals surface area contributed by atoms with E-state index in [9.17, 15) is 4.79 Å². The number of nitrogens with zero attached hydrogens (tertiary/aromatic N) is 1. The van der Waals surface area contributed by atoms with Crippen molar-refractivity contribution in [1.29, 1.82) is 0 Å². The molecule has 1 heterocycles. The van der Waals surface area contributed by atoms with Crippen LogP contribution in [0.3, 0.4) is 0 Å². The Hall–Kier alpha value is -0.530. The first-order valence-electron chi connectivity index (χ1n) is 2.82. The van der Waals surface area contributed by atoms with Gasteiger partial charge in [-0.3, -0.25) is 0 Å². The van der Waals surface area contributed by atoms with E-state index in [1.54, 1.807) is 17.8 Å². The lowest BCUT2D eigenvalue weighted by atomic mass is 10.4. The summed E-state index contributed by atoms with van der Waals surface area (Å²) in [5.41, 5.74) is 0. The monoisotopic (exact) mass is 139 g/mol. The maximum absolute atomic E-state index is 9.76. The van der Waals surface area contributed by atoms with Gasteiger partial charge in [0.05, 0.1) is 6.04 Å². The molecule has 0 amide bonds. The van der Waals surface area contributed by atoms with Crippen molar-refractivity contribution >= 4 is 17.8 Å². The van der Waals surface area contributed by atoms with Crippen molar-refractivity contribution in [2.24, 2.45) is 10.9 Å². The van der Waals surface area contributed by atoms with E-state index in [4.69, 9.17) is 0 Å². The second-order valence-electron chi connectivity index (χ2n) is 2.22. The third-order valence-electron chi connectivity index (χ3n) is 1.71. The van der Waals surface area contributed by atoms with E-state index in [-0.39, 0.29) is 6.04 Å². The van der Waals surface area contributed by atoms with Gasteiger partial charge in [-0.2, -0.15) is 0 Å². The lowest BCUT2D eigenvalue weighted by molar-refractivity contribution is 0.562. The number of hydrogen-bond acceptors (Lipinski definition) is 3. The smallest absolute Gasteiger partial charge is 0.211 e. The Kier molecular flexibility index (Phi) is 1.01. The van der Waals surface area contributed by atoms with Gasteiger partial charge in [0.2, 0.25) is 6.08 Å². The number of carbonyl (C=O) groups excluding carboxylic acids is 1. The molecule has 0 saturated heterocycles. The van der Waals surface area contributed by atoms with Gasteiger partial charge in [-0.05, 0) is 5.41 Å². The normalized spacial score (nSPS) is 43.8. The zero-order valence-corrected chi connectivity index (χ0v) is 5.47. The molecule has 0 aromatic heterocycles. The van der Waals surface area contributed by atoms with Crippen LogP contribution in [-0.2, 0) is 4.79 Å². The van der Waals surface area contributed by atoms with Gasteiger partial charge in [-0.1, -0.05) is 6.08 Å². The number of hydrogen-bond donors (Lipinski definition) is 0. The summed E-state index contributed by atoms with van der Waals surface area (Å²) in [6.07, 6.45) is 3.70. The molecule has 3 heteroatoms. The van der Waals surface area contributed by atoms with Crippen LogP contribution in [0, 0.1) is 5.92 Å². The minimum absolute atomic E-state index is 0.262. The Morgan fingerprint density at radius 3 is 3.11 bits per heavy atom. The van der Waals surface area contributed by atoms with Crippen LogP contribution in [0.4, 0.5) is 0 Å². The molecular formula is C6H5NOS. The van der Waals surface area contributed by atoms with Gasteiger partial charge in [-0.25, -0.2) is 9.79 Å². The van der Waals surface area contributed by atoms with Gasteiger partial charge >= 0.3 is 0 Å². The van der Waals surface area contributed by atoms with Crippen molar-refractivity contribution in [3.8, 4) is 0 Å². The number of aliphatic imine (C=N–C) groups is 1. The molecule has 0 spiro atoms. The molecule has 0 bridgehead atoms. The molecule has 0 N–H and O–H groups in total. The van der Waals surface area contributed by atoms with Crippen molar-refractivity contribution in [3.63, 3.8) is 0 Å². The molecule has 3 atom stereocenters. The Bertz CT molecular complexity index is 207. The Balaban J connectivity index is 2.09. The van der Waals surface area contributed by atoms with Crippen LogP contribution in [0.1, 0.15) is 0 Å². The Morgan fingerprint density at radius 2 is 2.56 bits per heavy atom. The summed E-state index contributed by atoms with van der Waals surface area (Å²) < 4.78 is 0. The number of thioether (sulfide) groups is 1. The first kappa shape index (κ1) is 5.27. The van der Waals surface area contributed by atoms with E-state index in [2.05, 4.69) is 16.5 Å².